The minimum atomic E-state index is -0.249. The molecule has 1 aliphatic heterocycles. The number of hydrogen-bond acceptors (Lipinski definition) is 2. The van der Waals surface area contributed by atoms with E-state index < -0.39 is 0 Å². The van der Waals surface area contributed by atoms with E-state index >= 15 is 0 Å². The zero-order valence-corrected chi connectivity index (χ0v) is 18.7. The number of hydrogen-bond donors (Lipinski definition) is 1. The van der Waals surface area contributed by atoms with E-state index in [0.717, 1.165) is 35.5 Å². The van der Waals surface area contributed by atoms with Gasteiger partial charge in [0.25, 0.3) is 0 Å². The molecule has 1 atom stereocenters. The fourth-order valence-corrected chi connectivity index (χ4v) is 4.25. The summed E-state index contributed by atoms with van der Waals surface area (Å²) in [6, 6.07) is 21.5. The molecule has 1 unspecified atom stereocenters. The Kier molecular flexibility index (Phi) is 6.59. The molecular weight excluding hydrogens is 400 g/mol. The van der Waals surface area contributed by atoms with Crippen LogP contribution in [-0.4, -0.2) is 45.9 Å². The zero-order chi connectivity index (χ0) is 22.5. The van der Waals surface area contributed by atoms with E-state index in [1.807, 2.05) is 67.3 Å². The molecule has 6 heteroatoms. The summed E-state index contributed by atoms with van der Waals surface area (Å²) in [6.45, 7) is 5.95. The van der Waals surface area contributed by atoms with Gasteiger partial charge in [0.1, 0.15) is 6.54 Å². The molecule has 3 amide bonds. The molecule has 4 rings (SSSR count). The molecule has 0 aliphatic carbocycles. The summed E-state index contributed by atoms with van der Waals surface area (Å²) in [7, 11) is 0. The third kappa shape index (κ3) is 4.69. The second-order valence-electron chi connectivity index (χ2n) is 8.24. The smallest absolute Gasteiger partial charge is 0.322 e. The third-order valence-electron chi connectivity index (χ3n) is 5.88. The van der Waals surface area contributed by atoms with Crippen LogP contribution in [0.4, 0.5) is 10.5 Å². The van der Waals surface area contributed by atoms with Crippen molar-refractivity contribution in [3.8, 4) is 0 Å². The predicted octanol–water partition coefficient (Wildman–Crippen LogP) is 4.67. The van der Waals surface area contributed by atoms with Crippen LogP contribution in [0.15, 0.2) is 72.9 Å². The van der Waals surface area contributed by atoms with Gasteiger partial charge in [-0.2, -0.15) is 0 Å². The van der Waals surface area contributed by atoms with Crippen LogP contribution >= 0.6 is 0 Å². The topological polar surface area (TPSA) is 57.6 Å². The number of fused-ring (bicyclic) bond motifs is 1. The largest absolute Gasteiger partial charge is 0.348 e. The molecule has 1 aromatic heterocycles. The van der Waals surface area contributed by atoms with Gasteiger partial charge < -0.3 is 19.7 Å². The van der Waals surface area contributed by atoms with Crippen molar-refractivity contribution in [1.82, 2.24) is 14.4 Å². The molecule has 3 aromatic rings. The van der Waals surface area contributed by atoms with Crippen LogP contribution in [0.25, 0.3) is 0 Å². The van der Waals surface area contributed by atoms with Crippen molar-refractivity contribution in [3.63, 3.8) is 0 Å². The van der Waals surface area contributed by atoms with Crippen molar-refractivity contribution in [1.29, 1.82) is 0 Å². The Balaban J connectivity index is 1.53. The first-order valence-electron chi connectivity index (χ1n) is 11.2. The Morgan fingerprint density at radius 3 is 2.47 bits per heavy atom. The van der Waals surface area contributed by atoms with E-state index in [1.165, 1.54) is 0 Å². The Morgan fingerprint density at radius 2 is 1.75 bits per heavy atom. The number of rotatable bonds is 6. The van der Waals surface area contributed by atoms with Gasteiger partial charge in [-0.15, -0.1) is 0 Å². The maximum absolute atomic E-state index is 13.5. The number of carbonyl (C=O) groups is 2. The number of carbonyl (C=O) groups excluding carboxylic acids is 2. The monoisotopic (exact) mass is 430 g/mol. The van der Waals surface area contributed by atoms with Gasteiger partial charge in [0.15, 0.2) is 0 Å². The van der Waals surface area contributed by atoms with Crippen LogP contribution in [0, 0.1) is 6.92 Å². The van der Waals surface area contributed by atoms with Crippen molar-refractivity contribution in [2.45, 2.75) is 32.9 Å². The number of amides is 3. The maximum atomic E-state index is 13.5. The van der Waals surface area contributed by atoms with E-state index in [-0.39, 0.29) is 24.5 Å². The van der Waals surface area contributed by atoms with Gasteiger partial charge in [0, 0.05) is 37.2 Å². The van der Waals surface area contributed by atoms with Gasteiger partial charge in [-0.1, -0.05) is 55.0 Å². The highest BCUT2D eigenvalue weighted by atomic mass is 16.2. The standard InChI is InChI=1S/C26H30N4O2/c1-3-15-29(26(32)27-22-13-11-20(2)12-14-22)19-24(31)30-18-17-28-16-7-10-23(28)25(30)21-8-5-4-6-9-21/h4-14,16,25H,3,15,17-19H2,1-2H3,(H,27,32). The van der Waals surface area contributed by atoms with Gasteiger partial charge in [-0.3, -0.25) is 4.79 Å². The van der Waals surface area contributed by atoms with Crippen molar-refractivity contribution >= 4 is 17.6 Å². The van der Waals surface area contributed by atoms with Gasteiger partial charge in [0.2, 0.25) is 5.91 Å². The van der Waals surface area contributed by atoms with Gasteiger partial charge in [0.05, 0.1) is 6.04 Å². The normalized spacial score (nSPS) is 15.2. The van der Waals surface area contributed by atoms with Gasteiger partial charge >= 0.3 is 6.03 Å². The van der Waals surface area contributed by atoms with Crippen LogP contribution < -0.4 is 5.32 Å². The fourth-order valence-electron chi connectivity index (χ4n) is 4.25. The third-order valence-corrected chi connectivity index (χ3v) is 5.88. The fraction of sp³-hybridized carbons (Fsp3) is 0.308. The van der Waals surface area contributed by atoms with E-state index in [9.17, 15) is 9.59 Å². The van der Waals surface area contributed by atoms with Crippen LogP contribution in [0.2, 0.25) is 0 Å². The van der Waals surface area contributed by atoms with E-state index in [2.05, 4.69) is 34.3 Å². The first kappa shape index (κ1) is 21.7. The second kappa shape index (κ2) is 9.73. The van der Waals surface area contributed by atoms with Gasteiger partial charge in [-0.25, -0.2) is 4.79 Å². The summed E-state index contributed by atoms with van der Waals surface area (Å²) in [5.74, 6) is -0.0428. The average Bonchev–Trinajstić information content (AvgIpc) is 3.29. The lowest BCUT2D eigenvalue weighted by Crippen LogP contribution is -2.48. The number of nitrogens with one attached hydrogen (secondary N) is 1. The Hall–Kier alpha value is -3.54. The molecule has 0 saturated carbocycles. The molecule has 0 bridgehead atoms. The van der Waals surface area contributed by atoms with Crippen LogP contribution in [-0.2, 0) is 11.3 Å². The quantitative estimate of drug-likeness (QED) is 0.618. The summed E-state index contributed by atoms with van der Waals surface area (Å²) >= 11 is 0. The Labute approximate surface area is 189 Å². The summed E-state index contributed by atoms with van der Waals surface area (Å²) in [4.78, 5) is 30.0. The summed E-state index contributed by atoms with van der Waals surface area (Å²) in [5.41, 5.74) is 4.03. The molecular formula is C26H30N4O2. The minimum absolute atomic E-state index is 0.0428. The molecule has 0 saturated heterocycles. The van der Waals surface area contributed by atoms with Crippen molar-refractivity contribution in [2.24, 2.45) is 0 Å². The molecule has 2 heterocycles. The lowest BCUT2D eigenvalue weighted by Gasteiger charge is -2.38. The molecule has 0 fully saturated rings. The van der Waals surface area contributed by atoms with Gasteiger partial charge in [-0.05, 0) is 43.2 Å². The molecule has 0 radical (unpaired) electrons. The number of nitrogens with zero attached hydrogens (tertiary/aromatic N) is 3. The molecule has 6 nitrogen and oxygen atoms in total. The van der Waals surface area contributed by atoms with E-state index in [0.29, 0.717) is 13.1 Å². The lowest BCUT2D eigenvalue weighted by molar-refractivity contribution is -0.134. The SMILES string of the molecule is CCCN(CC(=O)N1CCn2cccc2C1c1ccccc1)C(=O)Nc1ccc(C)cc1. The number of aryl methyl sites for hydroxylation is 1. The Bertz CT molecular complexity index is 1060. The van der Waals surface area contributed by atoms with Crippen LogP contribution in [0.1, 0.15) is 36.2 Å². The maximum Gasteiger partial charge on any atom is 0.322 e. The van der Waals surface area contributed by atoms with E-state index in [1.54, 1.807) is 4.90 Å². The number of urea groups is 1. The summed E-state index contributed by atoms with van der Waals surface area (Å²) < 4.78 is 2.20. The first-order chi connectivity index (χ1) is 15.6. The first-order valence-corrected chi connectivity index (χ1v) is 11.2. The number of aromatic nitrogens is 1. The molecule has 2 aromatic carbocycles. The second-order valence-corrected chi connectivity index (χ2v) is 8.24. The summed E-state index contributed by atoms with van der Waals surface area (Å²) in [5, 5.41) is 2.93. The van der Waals surface area contributed by atoms with Crippen LogP contribution in [0.3, 0.4) is 0 Å². The molecule has 0 spiro atoms. The lowest BCUT2D eigenvalue weighted by atomic mass is 10.00. The highest BCUT2D eigenvalue weighted by Gasteiger charge is 2.33. The predicted molar refractivity (Wildman–Crippen MR) is 126 cm³/mol. The molecule has 1 N–H and O–H groups in total. The summed E-state index contributed by atoms with van der Waals surface area (Å²) in [6.07, 6.45) is 2.84. The number of benzene rings is 2. The highest BCUT2D eigenvalue weighted by molar-refractivity contribution is 5.92. The molecule has 32 heavy (non-hydrogen) atoms. The molecule has 166 valence electrons. The Morgan fingerprint density at radius 1 is 1.00 bits per heavy atom. The van der Waals surface area contributed by atoms with E-state index in [4.69, 9.17) is 0 Å². The van der Waals surface area contributed by atoms with Crippen molar-refractivity contribution < 1.29 is 9.59 Å². The zero-order valence-electron chi connectivity index (χ0n) is 18.7. The highest BCUT2D eigenvalue weighted by Crippen LogP contribution is 2.32. The van der Waals surface area contributed by atoms with Crippen molar-refractivity contribution in [2.75, 3.05) is 25.0 Å². The van der Waals surface area contributed by atoms with Crippen molar-refractivity contribution in [3.05, 3.63) is 89.7 Å². The van der Waals surface area contributed by atoms with Crippen LogP contribution in [0.5, 0.6) is 0 Å². The number of anilines is 1. The molecule has 1 aliphatic rings. The average molecular weight is 431 g/mol. The minimum Gasteiger partial charge on any atom is -0.348 e.